The molecule has 0 saturated carbocycles. The lowest BCUT2D eigenvalue weighted by molar-refractivity contribution is 0.0705. The number of likely N-dealkylation sites (tertiary alicyclic amines) is 1. The summed E-state index contributed by atoms with van der Waals surface area (Å²) in [7, 11) is 0. The Morgan fingerprint density at radius 3 is 2.84 bits per heavy atom. The third-order valence-electron chi connectivity index (χ3n) is 4.62. The number of pyridine rings is 1. The molecule has 0 bridgehead atoms. The molecule has 0 radical (unpaired) electrons. The van der Waals surface area contributed by atoms with Crippen molar-refractivity contribution in [1.29, 1.82) is 0 Å². The summed E-state index contributed by atoms with van der Waals surface area (Å²) in [6, 6.07) is 4.03. The molecule has 1 amide bonds. The molecule has 1 aliphatic heterocycles. The molecule has 0 aromatic carbocycles. The van der Waals surface area contributed by atoms with Crippen LogP contribution >= 0.6 is 11.3 Å². The van der Waals surface area contributed by atoms with E-state index in [1.54, 1.807) is 11.7 Å². The average molecular weight is 353 g/mol. The van der Waals surface area contributed by atoms with Crippen LogP contribution in [0.1, 0.15) is 40.6 Å². The van der Waals surface area contributed by atoms with Crippen LogP contribution in [0.4, 0.5) is 0 Å². The fourth-order valence-electron chi connectivity index (χ4n) is 3.32. The minimum absolute atomic E-state index is 0.0402. The highest BCUT2D eigenvalue weighted by atomic mass is 32.1. The predicted molar refractivity (Wildman–Crippen MR) is 95.6 cm³/mol. The van der Waals surface area contributed by atoms with Crippen LogP contribution in [0.5, 0.6) is 0 Å². The Morgan fingerprint density at radius 2 is 2.12 bits per heavy atom. The minimum atomic E-state index is 0.0402. The topological polar surface area (TPSA) is 63.9 Å². The second-order valence-corrected chi connectivity index (χ2v) is 6.93. The first-order chi connectivity index (χ1) is 12.3. The number of aromatic nitrogens is 4. The number of thiazole rings is 1. The summed E-state index contributed by atoms with van der Waals surface area (Å²) < 4.78 is 2.19. The third-order valence-corrected chi connectivity index (χ3v) is 5.21. The van der Waals surface area contributed by atoms with E-state index in [0.717, 1.165) is 43.9 Å². The molecule has 0 aliphatic carbocycles. The molecule has 0 atom stereocenters. The second-order valence-electron chi connectivity index (χ2n) is 6.21. The van der Waals surface area contributed by atoms with Gasteiger partial charge in [-0.15, -0.1) is 11.3 Å². The summed E-state index contributed by atoms with van der Waals surface area (Å²) in [6.45, 7) is 2.28. The van der Waals surface area contributed by atoms with E-state index in [2.05, 4.69) is 25.6 Å². The van der Waals surface area contributed by atoms with Crippen molar-refractivity contribution >= 4 is 17.2 Å². The molecule has 1 aliphatic rings. The normalized spacial score (nSPS) is 15.4. The Bertz CT molecular complexity index is 822. The van der Waals surface area contributed by atoms with Crippen molar-refractivity contribution in [2.45, 2.75) is 25.3 Å². The van der Waals surface area contributed by atoms with Crippen molar-refractivity contribution in [3.63, 3.8) is 0 Å². The predicted octanol–water partition coefficient (Wildman–Crippen LogP) is 2.80. The molecule has 1 saturated heterocycles. The third kappa shape index (κ3) is 3.46. The van der Waals surface area contributed by atoms with Crippen molar-refractivity contribution in [2.24, 2.45) is 0 Å². The number of piperidine rings is 1. The summed E-state index contributed by atoms with van der Waals surface area (Å²) >= 11 is 1.46. The number of rotatable bonds is 4. The highest BCUT2D eigenvalue weighted by Crippen LogP contribution is 2.28. The number of carbonyl (C=O) groups excluding carboxylic acids is 1. The summed E-state index contributed by atoms with van der Waals surface area (Å²) in [5.74, 6) is 1.52. The Balaban J connectivity index is 1.42. The molecule has 7 heteroatoms. The van der Waals surface area contributed by atoms with Crippen molar-refractivity contribution in [3.8, 4) is 0 Å². The molecular formula is C18H19N5OS. The summed E-state index contributed by atoms with van der Waals surface area (Å²) in [5, 5.41) is 1.81. The van der Waals surface area contributed by atoms with Gasteiger partial charge in [-0.2, -0.15) is 0 Å². The van der Waals surface area contributed by atoms with Gasteiger partial charge in [0.25, 0.3) is 5.91 Å². The van der Waals surface area contributed by atoms with E-state index < -0.39 is 0 Å². The van der Waals surface area contributed by atoms with Gasteiger partial charge in [0, 0.05) is 49.2 Å². The Kier molecular flexibility index (Phi) is 4.56. The second kappa shape index (κ2) is 7.14. The Labute approximate surface area is 150 Å². The maximum absolute atomic E-state index is 12.4. The van der Waals surface area contributed by atoms with Gasteiger partial charge < -0.3 is 9.47 Å². The van der Waals surface area contributed by atoms with E-state index >= 15 is 0 Å². The molecule has 3 aromatic rings. The average Bonchev–Trinajstić information content (AvgIpc) is 3.34. The first kappa shape index (κ1) is 16.0. The lowest BCUT2D eigenvalue weighted by Crippen LogP contribution is -2.38. The molecule has 0 spiro atoms. The largest absolute Gasteiger partial charge is 0.337 e. The summed E-state index contributed by atoms with van der Waals surface area (Å²) in [5.41, 5.74) is 3.43. The standard InChI is InChI=1S/C18H19N5OS/c24-18(16-12-25-13-21-16)22-7-3-15(4-8-22)17-20-6-9-23(17)11-14-2-1-5-19-10-14/h1-2,5-6,9-10,12-13,15H,3-4,7-8,11H2. The Hall–Kier alpha value is -2.54. The maximum Gasteiger partial charge on any atom is 0.273 e. The lowest BCUT2D eigenvalue weighted by Gasteiger charge is -2.31. The van der Waals surface area contributed by atoms with E-state index in [4.69, 9.17) is 0 Å². The highest BCUT2D eigenvalue weighted by molar-refractivity contribution is 7.07. The zero-order valence-electron chi connectivity index (χ0n) is 13.8. The van der Waals surface area contributed by atoms with Crippen LogP contribution in [-0.4, -0.2) is 43.4 Å². The summed E-state index contributed by atoms with van der Waals surface area (Å²) in [4.78, 5) is 27.2. The monoisotopic (exact) mass is 353 g/mol. The van der Waals surface area contributed by atoms with Gasteiger partial charge in [-0.25, -0.2) is 9.97 Å². The van der Waals surface area contributed by atoms with Gasteiger partial charge in [-0.05, 0) is 24.5 Å². The van der Waals surface area contributed by atoms with Crippen molar-refractivity contribution in [3.05, 3.63) is 64.9 Å². The number of hydrogen-bond donors (Lipinski definition) is 0. The van der Waals surface area contributed by atoms with Crippen LogP contribution in [0.3, 0.4) is 0 Å². The minimum Gasteiger partial charge on any atom is -0.337 e. The smallest absolute Gasteiger partial charge is 0.273 e. The van der Waals surface area contributed by atoms with Crippen LogP contribution in [0, 0.1) is 0 Å². The number of nitrogens with zero attached hydrogens (tertiary/aromatic N) is 5. The zero-order chi connectivity index (χ0) is 17.1. The fraction of sp³-hybridized carbons (Fsp3) is 0.333. The van der Waals surface area contributed by atoms with Crippen molar-refractivity contribution in [2.75, 3.05) is 13.1 Å². The van der Waals surface area contributed by atoms with E-state index in [1.807, 2.05) is 34.9 Å². The van der Waals surface area contributed by atoms with Crippen molar-refractivity contribution < 1.29 is 4.79 Å². The van der Waals surface area contributed by atoms with E-state index in [1.165, 1.54) is 11.3 Å². The van der Waals surface area contributed by atoms with Crippen LogP contribution in [0.25, 0.3) is 0 Å². The molecular weight excluding hydrogens is 334 g/mol. The summed E-state index contributed by atoms with van der Waals surface area (Å²) in [6.07, 6.45) is 9.42. The molecule has 4 heterocycles. The van der Waals surface area contributed by atoms with Crippen LogP contribution < -0.4 is 0 Å². The number of carbonyl (C=O) groups is 1. The van der Waals surface area contributed by atoms with E-state index in [-0.39, 0.29) is 5.91 Å². The van der Waals surface area contributed by atoms with Crippen LogP contribution in [0.2, 0.25) is 0 Å². The van der Waals surface area contributed by atoms with E-state index in [0.29, 0.717) is 11.6 Å². The van der Waals surface area contributed by atoms with Gasteiger partial charge in [0.05, 0.1) is 12.1 Å². The van der Waals surface area contributed by atoms with Gasteiger partial charge in [0.15, 0.2) is 0 Å². The number of imidazole rings is 1. The molecule has 25 heavy (non-hydrogen) atoms. The zero-order valence-corrected chi connectivity index (χ0v) is 14.6. The SMILES string of the molecule is O=C(c1cscn1)N1CCC(c2nccn2Cc2cccnc2)CC1. The maximum atomic E-state index is 12.4. The quantitative estimate of drug-likeness (QED) is 0.723. The first-order valence-corrected chi connectivity index (χ1v) is 9.33. The molecule has 6 nitrogen and oxygen atoms in total. The van der Waals surface area contributed by atoms with Crippen LogP contribution in [-0.2, 0) is 6.54 Å². The van der Waals surface area contributed by atoms with Crippen LogP contribution in [0.15, 0.2) is 47.8 Å². The van der Waals surface area contributed by atoms with Gasteiger partial charge in [-0.3, -0.25) is 9.78 Å². The van der Waals surface area contributed by atoms with Gasteiger partial charge in [0.2, 0.25) is 0 Å². The molecule has 0 unspecified atom stereocenters. The molecule has 0 N–H and O–H groups in total. The molecule has 128 valence electrons. The fourth-order valence-corrected chi connectivity index (χ4v) is 3.85. The molecule has 1 fully saturated rings. The van der Waals surface area contributed by atoms with Crippen molar-refractivity contribution in [1.82, 2.24) is 24.4 Å². The van der Waals surface area contributed by atoms with Gasteiger partial charge in [-0.1, -0.05) is 6.07 Å². The number of amides is 1. The molecule has 3 aromatic heterocycles. The van der Waals surface area contributed by atoms with Gasteiger partial charge >= 0.3 is 0 Å². The Morgan fingerprint density at radius 1 is 1.24 bits per heavy atom. The van der Waals surface area contributed by atoms with E-state index in [9.17, 15) is 4.79 Å². The highest BCUT2D eigenvalue weighted by Gasteiger charge is 2.27. The van der Waals surface area contributed by atoms with Gasteiger partial charge in [0.1, 0.15) is 11.5 Å². The molecule has 4 rings (SSSR count). The lowest BCUT2D eigenvalue weighted by atomic mass is 9.95. The number of hydrogen-bond acceptors (Lipinski definition) is 5. The first-order valence-electron chi connectivity index (χ1n) is 8.38.